The van der Waals surface area contributed by atoms with Gasteiger partial charge in [-0.2, -0.15) is 13.2 Å². The molecule has 4 rings (SSSR count). The van der Waals surface area contributed by atoms with E-state index in [-0.39, 0.29) is 11.6 Å². The molecule has 1 amide bonds. The molecule has 0 aromatic heterocycles. The molecule has 32 heavy (non-hydrogen) atoms. The van der Waals surface area contributed by atoms with E-state index in [1.54, 1.807) is 0 Å². The number of hydrogen-bond donors (Lipinski definition) is 1. The molecule has 1 saturated heterocycles. The standard InChI is InChI=1S/C26H25F3N2O/c27-26(28,29)21-14-15-23(31-16-8-3-9-17-31)22(18-21)30-25(32)24(19-10-4-1-5-11-19)20-12-6-2-7-13-20/h1-2,4-7,10-15,18,24H,3,8-9,16-17H2,(H,30,32). The van der Waals surface area contributed by atoms with Gasteiger partial charge in [-0.25, -0.2) is 0 Å². The first-order chi connectivity index (χ1) is 15.4. The molecule has 1 heterocycles. The van der Waals surface area contributed by atoms with Gasteiger partial charge in [-0.3, -0.25) is 4.79 Å². The van der Waals surface area contributed by atoms with E-state index in [0.29, 0.717) is 5.69 Å². The highest BCUT2D eigenvalue weighted by Gasteiger charge is 2.32. The Hall–Kier alpha value is -3.28. The van der Waals surface area contributed by atoms with Gasteiger partial charge in [-0.05, 0) is 48.6 Å². The fourth-order valence-corrected chi connectivity index (χ4v) is 4.21. The summed E-state index contributed by atoms with van der Waals surface area (Å²) in [6.07, 6.45) is -1.43. The first-order valence-corrected chi connectivity index (χ1v) is 10.8. The Morgan fingerprint density at radius 2 is 1.38 bits per heavy atom. The molecular formula is C26H25F3N2O. The van der Waals surface area contributed by atoms with Gasteiger partial charge >= 0.3 is 6.18 Å². The van der Waals surface area contributed by atoms with Crippen LogP contribution in [0.2, 0.25) is 0 Å². The van der Waals surface area contributed by atoms with Crippen molar-refractivity contribution in [1.29, 1.82) is 0 Å². The molecular weight excluding hydrogens is 413 g/mol. The second-order valence-electron chi connectivity index (χ2n) is 8.02. The number of carbonyl (C=O) groups is 1. The predicted octanol–water partition coefficient (Wildman–Crippen LogP) is 6.47. The summed E-state index contributed by atoms with van der Waals surface area (Å²) in [6.45, 7) is 1.52. The van der Waals surface area contributed by atoms with Crippen molar-refractivity contribution >= 4 is 17.3 Å². The van der Waals surface area contributed by atoms with Crippen LogP contribution in [-0.4, -0.2) is 19.0 Å². The molecule has 0 atom stereocenters. The maximum atomic E-state index is 13.5. The van der Waals surface area contributed by atoms with E-state index in [2.05, 4.69) is 10.2 Å². The number of hydrogen-bond acceptors (Lipinski definition) is 2. The van der Waals surface area contributed by atoms with Gasteiger partial charge in [0, 0.05) is 13.1 Å². The van der Waals surface area contributed by atoms with Gasteiger partial charge in [0.2, 0.25) is 5.91 Å². The van der Waals surface area contributed by atoms with Gasteiger partial charge < -0.3 is 10.2 Å². The smallest absolute Gasteiger partial charge is 0.370 e. The average molecular weight is 438 g/mol. The molecule has 3 aromatic rings. The molecule has 1 aliphatic heterocycles. The van der Waals surface area contributed by atoms with Crippen molar-refractivity contribution in [3.05, 3.63) is 95.6 Å². The molecule has 0 saturated carbocycles. The summed E-state index contributed by atoms with van der Waals surface area (Å²) in [5, 5.41) is 2.84. The highest BCUT2D eigenvalue weighted by atomic mass is 19.4. The Labute approximate surface area is 185 Å². The Kier molecular flexibility index (Phi) is 6.49. The van der Waals surface area contributed by atoms with E-state index in [0.717, 1.165) is 55.6 Å². The average Bonchev–Trinajstić information content (AvgIpc) is 2.81. The number of halogens is 3. The molecule has 6 heteroatoms. The van der Waals surface area contributed by atoms with Crippen molar-refractivity contribution in [2.45, 2.75) is 31.4 Å². The number of anilines is 2. The van der Waals surface area contributed by atoms with Crippen LogP contribution in [0.5, 0.6) is 0 Å². The highest BCUT2D eigenvalue weighted by molar-refractivity contribution is 6.00. The van der Waals surface area contributed by atoms with Gasteiger partial charge in [0.1, 0.15) is 0 Å². The zero-order valence-corrected chi connectivity index (χ0v) is 17.6. The normalized spacial score (nSPS) is 14.4. The number of rotatable bonds is 5. The van der Waals surface area contributed by atoms with Crippen molar-refractivity contribution in [1.82, 2.24) is 0 Å². The molecule has 0 aliphatic carbocycles. The van der Waals surface area contributed by atoms with Crippen LogP contribution in [0.15, 0.2) is 78.9 Å². The van der Waals surface area contributed by atoms with Gasteiger partial charge in [0.05, 0.1) is 22.9 Å². The highest BCUT2D eigenvalue weighted by Crippen LogP contribution is 2.37. The number of benzene rings is 3. The summed E-state index contributed by atoms with van der Waals surface area (Å²) < 4.78 is 40.3. The Bertz CT molecular complexity index is 1010. The van der Waals surface area contributed by atoms with Crippen LogP contribution in [0.3, 0.4) is 0 Å². The molecule has 1 fully saturated rings. The van der Waals surface area contributed by atoms with E-state index in [1.807, 2.05) is 60.7 Å². The third kappa shape index (κ3) is 4.96. The minimum Gasteiger partial charge on any atom is -0.370 e. The number of nitrogens with one attached hydrogen (secondary N) is 1. The maximum absolute atomic E-state index is 13.5. The topological polar surface area (TPSA) is 32.3 Å². The molecule has 1 N–H and O–H groups in total. The first-order valence-electron chi connectivity index (χ1n) is 10.8. The Morgan fingerprint density at radius 1 is 0.812 bits per heavy atom. The fraction of sp³-hybridized carbons (Fsp3) is 0.269. The van der Waals surface area contributed by atoms with Crippen molar-refractivity contribution in [3.8, 4) is 0 Å². The summed E-state index contributed by atoms with van der Waals surface area (Å²) in [5.41, 5.74) is 1.62. The van der Waals surface area contributed by atoms with E-state index < -0.39 is 17.7 Å². The van der Waals surface area contributed by atoms with E-state index in [9.17, 15) is 18.0 Å². The third-order valence-electron chi connectivity index (χ3n) is 5.81. The van der Waals surface area contributed by atoms with Gasteiger partial charge in [0.15, 0.2) is 0 Å². The summed E-state index contributed by atoms with van der Waals surface area (Å²) in [4.78, 5) is 15.6. The lowest BCUT2D eigenvalue weighted by Crippen LogP contribution is -2.31. The monoisotopic (exact) mass is 438 g/mol. The minimum absolute atomic E-state index is 0.198. The number of alkyl halides is 3. The van der Waals surface area contributed by atoms with Crippen LogP contribution in [0.1, 0.15) is 41.9 Å². The number of nitrogens with zero attached hydrogens (tertiary/aromatic N) is 1. The fourth-order valence-electron chi connectivity index (χ4n) is 4.21. The second-order valence-corrected chi connectivity index (χ2v) is 8.02. The predicted molar refractivity (Wildman–Crippen MR) is 121 cm³/mol. The minimum atomic E-state index is -4.49. The summed E-state index contributed by atoms with van der Waals surface area (Å²) in [7, 11) is 0. The first kappa shape index (κ1) is 21.9. The van der Waals surface area contributed by atoms with Crippen LogP contribution in [0, 0.1) is 0 Å². The molecule has 0 unspecified atom stereocenters. The van der Waals surface area contributed by atoms with E-state index in [4.69, 9.17) is 0 Å². The van der Waals surface area contributed by atoms with Crippen LogP contribution in [0.4, 0.5) is 24.5 Å². The molecule has 1 aliphatic rings. The number of piperidine rings is 1. The molecule has 3 aromatic carbocycles. The largest absolute Gasteiger partial charge is 0.416 e. The molecule has 0 spiro atoms. The van der Waals surface area contributed by atoms with Crippen molar-refractivity contribution in [2.75, 3.05) is 23.3 Å². The number of carbonyl (C=O) groups excluding carboxylic acids is 1. The quantitative estimate of drug-likeness (QED) is 0.495. The third-order valence-corrected chi connectivity index (χ3v) is 5.81. The number of amides is 1. The summed E-state index contributed by atoms with van der Waals surface area (Å²) >= 11 is 0. The van der Waals surface area contributed by atoms with Gasteiger partial charge in [0.25, 0.3) is 0 Å². The zero-order valence-electron chi connectivity index (χ0n) is 17.6. The lowest BCUT2D eigenvalue weighted by atomic mass is 9.90. The lowest BCUT2D eigenvalue weighted by molar-refractivity contribution is -0.137. The van der Waals surface area contributed by atoms with E-state index >= 15 is 0 Å². The molecule has 166 valence electrons. The van der Waals surface area contributed by atoms with Gasteiger partial charge in [-0.15, -0.1) is 0 Å². The van der Waals surface area contributed by atoms with Crippen LogP contribution in [0.25, 0.3) is 0 Å². The molecule has 0 radical (unpaired) electrons. The Balaban J connectivity index is 1.72. The van der Waals surface area contributed by atoms with Crippen molar-refractivity contribution < 1.29 is 18.0 Å². The zero-order chi connectivity index (χ0) is 22.6. The summed E-state index contributed by atoms with van der Waals surface area (Å²) in [6, 6.07) is 22.2. The lowest BCUT2D eigenvalue weighted by Gasteiger charge is -2.31. The second kappa shape index (κ2) is 9.47. The Morgan fingerprint density at radius 3 is 1.91 bits per heavy atom. The molecule has 0 bridgehead atoms. The van der Waals surface area contributed by atoms with Crippen molar-refractivity contribution in [2.24, 2.45) is 0 Å². The SMILES string of the molecule is O=C(Nc1cc(C(F)(F)F)ccc1N1CCCCC1)C(c1ccccc1)c1ccccc1. The van der Waals surface area contributed by atoms with E-state index in [1.165, 1.54) is 6.07 Å². The molecule has 3 nitrogen and oxygen atoms in total. The van der Waals surface area contributed by atoms with Crippen LogP contribution >= 0.6 is 0 Å². The van der Waals surface area contributed by atoms with Crippen molar-refractivity contribution in [3.63, 3.8) is 0 Å². The summed E-state index contributed by atoms with van der Waals surface area (Å²) in [5.74, 6) is -0.999. The van der Waals surface area contributed by atoms with Gasteiger partial charge in [-0.1, -0.05) is 60.7 Å². The van der Waals surface area contributed by atoms with Crippen LogP contribution < -0.4 is 10.2 Å². The van der Waals surface area contributed by atoms with Crippen LogP contribution in [-0.2, 0) is 11.0 Å². The maximum Gasteiger partial charge on any atom is 0.416 e.